The zero-order valence-electron chi connectivity index (χ0n) is 10.9. The fourth-order valence-electron chi connectivity index (χ4n) is 2.77. The first-order valence-electron chi connectivity index (χ1n) is 6.62. The fraction of sp³-hybridized carbons (Fsp3) is 0.500. The van der Waals surface area contributed by atoms with Gasteiger partial charge in [0.25, 0.3) is 0 Å². The van der Waals surface area contributed by atoms with E-state index in [1.165, 1.54) is 18.2 Å². The molecule has 0 radical (unpaired) electrons. The molecule has 1 aromatic rings. The van der Waals surface area contributed by atoms with Crippen LogP contribution in [0.15, 0.2) is 18.2 Å². The van der Waals surface area contributed by atoms with Crippen molar-refractivity contribution in [2.75, 3.05) is 26.2 Å². The molecule has 1 aliphatic carbocycles. The van der Waals surface area contributed by atoms with Gasteiger partial charge in [0.2, 0.25) is 5.91 Å². The highest BCUT2D eigenvalue weighted by Gasteiger charge is 2.48. The van der Waals surface area contributed by atoms with Gasteiger partial charge in [0.15, 0.2) is 0 Å². The maximum Gasteiger partial charge on any atom is 0.226 e. The second-order valence-corrected chi connectivity index (χ2v) is 5.16. The standard InChI is InChI=1S/C14H16F2N2O.ClH/c15-11-2-1-3-12(16)13(11)9-8-10(9)14(19)18-6-4-17-5-7-18;/h1-3,9-10,17H,4-8H2;1H. The van der Waals surface area contributed by atoms with Gasteiger partial charge in [0.05, 0.1) is 0 Å². The van der Waals surface area contributed by atoms with Crippen molar-refractivity contribution >= 4 is 18.3 Å². The number of hydrogen-bond acceptors (Lipinski definition) is 2. The van der Waals surface area contributed by atoms with Crippen LogP contribution in [0.2, 0.25) is 0 Å². The molecule has 1 N–H and O–H groups in total. The molecule has 2 fully saturated rings. The average Bonchev–Trinajstić information content (AvgIpc) is 3.19. The molecule has 1 saturated heterocycles. The summed E-state index contributed by atoms with van der Waals surface area (Å²) < 4.78 is 27.3. The van der Waals surface area contributed by atoms with E-state index in [1.807, 2.05) is 0 Å². The number of halogens is 3. The summed E-state index contributed by atoms with van der Waals surface area (Å²) in [6.45, 7) is 2.94. The molecule has 3 nitrogen and oxygen atoms in total. The number of nitrogens with zero attached hydrogens (tertiary/aromatic N) is 1. The largest absolute Gasteiger partial charge is 0.340 e. The van der Waals surface area contributed by atoms with Gasteiger partial charge in [-0.3, -0.25) is 4.79 Å². The van der Waals surface area contributed by atoms with E-state index in [9.17, 15) is 13.6 Å². The maximum atomic E-state index is 13.6. The molecule has 2 aliphatic rings. The fourth-order valence-corrected chi connectivity index (χ4v) is 2.77. The van der Waals surface area contributed by atoms with Crippen molar-refractivity contribution in [3.63, 3.8) is 0 Å². The summed E-state index contributed by atoms with van der Waals surface area (Å²) in [6, 6.07) is 3.86. The quantitative estimate of drug-likeness (QED) is 0.905. The molecule has 0 spiro atoms. The minimum absolute atomic E-state index is 0. The van der Waals surface area contributed by atoms with Crippen LogP contribution in [0.3, 0.4) is 0 Å². The predicted octanol–water partition coefficient (Wildman–Crippen LogP) is 1.92. The van der Waals surface area contributed by atoms with E-state index >= 15 is 0 Å². The van der Waals surface area contributed by atoms with Crippen LogP contribution in [0.25, 0.3) is 0 Å². The Kier molecular flexibility index (Phi) is 4.60. The smallest absolute Gasteiger partial charge is 0.226 e. The third kappa shape index (κ3) is 2.79. The summed E-state index contributed by atoms with van der Waals surface area (Å²) in [4.78, 5) is 14.0. The summed E-state index contributed by atoms with van der Waals surface area (Å²) in [5.41, 5.74) is 0.0796. The van der Waals surface area contributed by atoms with E-state index < -0.39 is 11.6 Å². The highest BCUT2D eigenvalue weighted by Crippen LogP contribution is 2.50. The first-order valence-corrected chi connectivity index (χ1v) is 6.62. The number of benzene rings is 1. The van der Waals surface area contributed by atoms with Crippen molar-refractivity contribution in [1.82, 2.24) is 10.2 Å². The zero-order chi connectivity index (χ0) is 13.4. The van der Waals surface area contributed by atoms with E-state index in [0.29, 0.717) is 19.5 Å². The van der Waals surface area contributed by atoms with Crippen LogP contribution < -0.4 is 5.32 Å². The first kappa shape index (κ1) is 15.2. The lowest BCUT2D eigenvalue weighted by Gasteiger charge is -2.27. The Bertz CT molecular complexity index is 486. The average molecular weight is 303 g/mol. The van der Waals surface area contributed by atoms with Crippen molar-refractivity contribution in [1.29, 1.82) is 0 Å². The third-order valence-corrected chi connectivity index (χ3v) is 3.91. The Morgan fingerprint density at radius 2 is 1.80 bits per heavy atom. The zero-order valence-corrected chi connectivity index (χ0v) is 11.8. The molecule has 1 amide bonds. The number of carbonyl (C=O) groups excluding carboxylic acids is 1. The van der Waals surface area contributed by atoms with Crippen molar-refractivity contribution in [3.8, 4) is 0 Å². The van der Waals surface area contributed by atoms with Crippen LogP contribution in [-0.4, -0.2) is 37.0 Å². The lowest BCUT2D eigenvalue weighted by molar-refractivity contribution is -0.133. The van der Waals surface area contributed by atoms with Crippen LogP contribution in [0, 0.1) is 17.6 Å². The monoisotopic (exact) mass is 302 g/mol. The number of rotatable bonds is 2. The van der Waals surface area contributed by atoms with Crippen LogP contribution in [0.1, 0.15) is 17.9 Å². The van der Waals surface area contributed by atoms with Crippen molar-refractivity contribution < 1.29 is 13.6 Å². The SMILES string of the molecule is Cl.O=C(C1CC1c1c(F)cccc1F)N1CCNCC1. The molecule has 0 bridgehead atoms. The molecule has 1 aromatic carbocycles. The van der Waals surface area contributed by atoms with E-state index in [0.717, 1.165) is 13.1 Å². The van der Waals surface area contributed by atoms with Crippen molar-refractivity contribution in [2.45, 2.75) is 12.3 Å². The van der Waals surface area contributed by atoms with Gasteiger partial charge >= 0.3 is 0 Å². The second kappa shape index (κ2) is 6.06. The van der Waals surface area contributed by atoms with E-state index in [2.05, 4.69) is 5.32 Å². The molecule has 2 atom stereocenters. The molecule has 0 aromatic heterocycles. The summed E-state index contributed by atoms with van der Waals surface area (Å²) in [7, 11) is 0. The lowest BCUT2D eigenvalue weighted by Crippen LogP contribution is -2.47. The molecular formula is C14H17ClF2N2O. The van der Waals surface area contributed by atoms with Crippen molar-refractivity contribution in [2.24, 2.45) is 5.92 Å². The second-order valence-electron chi connectivity index (χ2n) is 5.16. The van der Waals surface area contributed by atoms with Gasteiger partial charge in [0.1, 0.15) is 11.6 Å². The van der Waals surface area contributed by atoms with Crippen LogP contribution in [-0.2, 0) is 4.79 Å². The minimum atomic E-state index is -0.541. The Hall–Kier alpha value is -1.20. The molecule has 1 aliphatic heterocycles. The highest BCUT2D eigenvalue weighted by molar-refractivity contribution is 5.85. The predicted molar refractivity (Wildman–Crippen MR) is 73.9 cm³/mol. The summed E-state index contributed by atoms with van der Waals surface area (Å²) >= 11 is 0. The van der Waals surface area contributed by atoms with Gasteiger partial charge < -0.3 is 10.2 Å². The molecule has 6 heteroatoms. The van der Waals surface area contributed by atoms with Gasteiger partial charge in [-0.25, -0.2) is 8.78 Å². The minimum Gasteiger partial charge on any atom is -0.340 e. The summed E-state index contributed by atoms with van der Waals surface area (Å²) in [6.07, 6.45) is 0.556. The molecule has 110 valence electrons. The topological polar surface area (TPSA) is 32.3 Å². The molecular weight excluding hydrogens is 286 g/mol. The van der Waals surface area contributed by atoms with Gasteiger partial charge in [-0.1, -0.05) is 6.07 Å². The van der Waals surface area contributed by atoms with E-state index in [1.54, 1.807) is 4.90 Å². The Balaban J connectivity index is 0.00000147. The number of nitrogens with one attached hydrogen (secondary N) is 1. The number of hydrogen-bond donors (Lipinski definition) is 1. The highest BCUT2D eigenvalue weighted by atomic mass is 35.5. The summed E-state index contributed by atoms with van der Waals surface area (Å²) in [5.74, 6) is -1.58. The Labute approximate surface area is 122 Å². The Morgan fingerprint density at radius 3 is 2.40 bits per heavy atom. The molecule has 20 heavy (non-hydrogen) atoms. The van der Waals surface area contributed by atoms with Gasteiger partial charge in [-0.2, -0.15) is 0 Å². The summed E-state index contributed by atoms with van der Waals surface area (Å²) in [5, 5.41) is 3.18. The van der Waals surface area contributed by atoms with Gasteiger partial charge in [0, 0.05) is 43.6 Å². The van der Waals surface area contributed by atoms with Gasteiger partial charge in [-0.15, -0.1) is 12.4 Å². The van der Waals surface area contributed by atoms with Crippen LogP contribution in [0.4, 0.5) is 8.78 Å². The molecule has 1 saturated carbocycles. The first-order chi connectivity index (χ1) is 9.18. The number of amides is 1. The maximum absolute atomic E-state index is 13.6. The van der Waals surface area contributed by atoms with Crippen molar-refractivity contribution in [3.05, 3.63) is 35.4 Å². The Morgan fingerprint density at radius 1 is 1.20 bits per heavy atom. The van der Waals surface area contributed by atoms with Crippen LogP contribution >= 0.6 is 12.4 Å². The van der Waals surface area contributed by atoms with E-state index in [-0.39, 0.29) is 35.7 Å². The van der Waals surface area contributed by atoms with E-state index in [4.69, 9.17) is 0 Å². The van der Waals surface area contributed by atoms with Gasteiger partial charge in [-0.05, 0) is 18.6 Å². The number of carbonyl (C=O) groups is 1. The molecule has 3 rings (SSSR count). The molecule has 2 unspecified atom stereocenters. The van der Waals surface area contributed by atoms with Crippen LogP contribution in [0.5, 0.6) is 0 Å². The third-order valence-electron chi connectivity index (χ3n) is 3.91. The lowest BCUT2D eigenvalue weighted by atomic mass is 10.1. The molecule has 1 heterocycles. The number of piperazine rings is 1. The normalized spacial score (nSPS) is 25.0.